The van der Waals surface area contributed by atoms with E-state index in [1.165, 1.54) is 28.6 Å². The van der Waals surface area contributed by atoms with E-state index in [1.54, 1.807) is 43.9 Å². The largest absolute Gasteiger partial charge is 0.479 e. The van der Waals surface area contributed by atoms with Gasteiger partial charge in [-0.15, -0.1) is 0 Å². The van der Waals surface area contributed by atoms with Crippen LogP contribution in [0.25, 0.3) is 0 Å². The zero-order valence-electron chi connectivity index (χ0n) is 19.3. The summed E-state index contributed by atoms with van der Waals surface area (Å²) in [5.41, 5.74) is 2.27. The van der Waals surface area contributed by atoms with Gasteiger partial charge in [0.15, 0.2) is 6.10 Å². The topological polar surface area (TPSA) is 96.0 Å². The number of nitrogens with zero attached hydrogens (tertiary/aromatic N) is 2. The molecule has 0 saturated heterocycles. The quantitative estimate of drug-likeness (QED) is 0.593. The van der Waals surface area contributed by atoms with Crippen molar-refractivity contribution in [3.8, 4) is 5.75 Å². The molecule has 0 bridgehead atoms. The molecule has 1 unspecified atom stereocenters. The Hall–Kier alpha value is -3.17. The maximum atomic E-state index is 12.7. The molecule has 0 aromatic heterocycles. The number of hydrogen-bond donors (Lipinski definition) is 1. The lowest BCUT2D eigenvalue weighted by Crippen LogP contribution is -2.45. The Balaban J connectivity index is 1.79. The molecule has 33 heavy (non-hydrogen) atoms. The van der Waals surface area contributed by atoms with Crippen LogP contribution < -0.4 is 15.0 Å². The Morgan fingerprint density at radius 2 is 1.79 bits per heavy atom. The first-order valence-corrected chi connectivity index (χ1v) is 12.2. The van der Waals surface area contributed by atoms with Crippen molar-refractivity contribution in [2.24, 2.45) is 0 Å². The Morgan fingerprint density at radius 1 is 1.15 bits per heavy atom. The molecule has 1 aliphatic rings. The highest BCUT2D eigenvalue weighted by Gasteiger charge is 2.31. The highest BCUT2D eigenvalue weighted by molar-refractivity contribution is 7.89. The van der Waals surface area contributed by atoms with Gasteiger partial charge in [-0.3, -0.25) is 9.59 Å². The van der Waals surface area contributed by atoms with Crippen LogP contribution in [0.5, 0.6) is 5.75 Å². The maximum Gasteiger partial charge on any atom is 0.268 e. The monoisotopic (exact) mass is 471 g/mol. The Labute approximate surface area is 194 Å². The fourth-order valence-electron chi connectivity index (χ4n) is 3.62. The third-order valence-corrected chi connectivity index (χ3v) is 7.38. The lowest BCUT2D eigenvalue weighted by Gasteiger charge is -2.33. The van der Waals surface area contributed by atoms with Crippen molar-refractivity contribution in [2.75, 3.05) is 29.9 Å². The number of sulfonamides is 1. The fourth-order valence-corrected chi connectivity index (χ4v) is 5.07. The van der Waals surface area contributed by atoms with Crippen molar-refractivity contribution in [3.63, 3.8) is 0 Å². The highest BCUT2D eigenvalue weighted by atomic mass is 32.2. The SMILES string of the molecule is C=C(C)CN1C(=O)C(C)Oc2cc(NC(=O)c3ccc(S(=O)(=O)N(CC)CC)cc3)ccc21. The normalized spacial score (nSPS) is 15.7. The lowest BCUT2D eigenvalue weighted by molar-refractivity contribution is -0.125. The lowest BCUT2D eigenvalue weighted by atomic mass is 10.1. The second-order valence-corrected chi connectivity index (χ2v) is 9.83. The third kappa shape index (κ3) is 5.09. The number of carbonyl (C=O) groups excluding carboxylic acids is 2. The molecule has 0 radical (unpaired) electrons. The van der Waals surface area contributed by atoms with E-state index in [9.17, 15) is 18.0 Å². The van der Waals surface area contributed by atoms with E-state index >= 15 is 0 Å². The molecule has 1 heterocycles. The zero-order valence-corrected chi connectivity index (χ0v) is 20.1. The van der Waals surface area contributed by atoms with Crippen LogP contribution in [0.15, 0.2) is 59.5 Å². The number of benzene rings is 2. The molecule has 9 heteroatoms. The minimum Gasteiger partial charge on any atom is -0.479 e. The van der Waals surface area contributed by atoms with Crippen LogP contribution in [0, 0.1) is 0 Å². The van der Waals surface area contributed by atoms with Gasteiger partial charge < -0.3 is 15.0 Å². The maximum absolute atomic E-state index is 12.7. The van der Waals surface area contributed by atoms with E-state index in [1.807, 2.05) is 6.92 Å². The molecule has 176 valence electrons. The van der Waals surface area contributed by atoms with E-state index in [4.69, 9.17) is 4.74 Å². The number of ether oxygens (including phenoxy) is 1. The Morgan fingerprint density at radius 3 is 2.36 bits per heavy atom. The van der Waals surface area contributed by atoms with Gasteiger partial charge in [0, 0.05) is 37.0 Å². The molecule has 1 N–H and O–H groups in total. The van der Waals surface area contributed by atoms with E-state index in [0.29, 0.717) is 42.3 Å². The molecule has 2 aromatic carbocycles. The second-order valence-electron chi connectivity index (χ2n) is 7.89. The van der Waals surface area contributed by atoms with Gasteiger partial charge in [0.1, 0.15) is 5.75 Å². The third-order valence-electron chi connectivity index (χ3n) is 5.31. The summed E-state index contributed by atoms with van der Waals surface area (Å²) in [5, 5.41) is 2.79. The van der Waals surface area contributed by atoms with Gasteiger partial charge in [-0.05, 0) is 50.2 Å². The van der Waals surface area contributed by atoms with Gasteiger partial charge in [-0.25, -0.2) is 8.42 Å². The molecule has 1 aliphatic heterocycles. The number of amides is 2. The van der Waals surface area contributed by atoms with Crippen molar-refractivity contribution in [1.82, 2.24) is 4.31 Å². The minimum atomic E-state index is -3.59. The van der Waals surface area contributed by atoms with Crippen molar-refractivity contribution >= 4 is 33.2 Å². The average molecular weight is 472 g/mol. The average Bonchev–Trinajstić information content (AvgIpc) is 2.77. The molecule has 3 rings (SSSR count). The summed E-state index contributed by atoms with van der Waals surface area (Å²) in [6, 6.07) is 10.9. The van der Waals surface area contributed by atoms with Crippen LogP contribution in [-0.4, -0.2) is 50.3 Å². The van der Waals surface area contributed by atoms with Gasteiger partial charge in [0.25, 0.3) is 11.8 Å². The fraction of sp³-hybridized carbons (Fsp3) is 0.333. The van der Waals surface area contributed by atoms with Gasteiger partial charge in [0.05, 0.1) is 10.6 Å². The number of hydrogen-bond acceptors (Lipinski definition) is 5. The Kier molecular flexibility index (Phi) is 7.24. The minimum absolute atomic E-state index is 0.140. The summed E-state index contributed by atoms with van der Waals surface area (Å²) < 4.78 is 32.3. The van der Waals surface area contributed by atoms with Crippen molar-refractivity contribution < 1.29 is 22.7 Å². The van der Waals surface area contributed by atoms with Crippen LogP contribution in [0.2, 0.25) is 0 Å². The first kappa shape index (κ1) is 24.5. The summed E-state index contributed by atoms with van der Waals surface area (Å²) >= 11 is 0. The van der Waals surface area contributed by atoms with Gasteiger partial charge >= 0.3 is 0 Å². The van der Waals surface area contributed by atoms with Crippen LogP contribution in [0.3, 0.4) is 0 Å². The molecular formula is C24H29N3O5S. The summed E-state index contributed by atoms with van der Waals surface area (Å²) in [6.07, 6.45) is -0.650. The van der Waals surface area contributed by atoms with E-state index in [-0.39, 0.29) is 16.7 Å². The van der Waals surface area contributed by atoms with Gasteiger partial charge in [-0.2, -0.15) is 4.31 Å². The number of carbonyl (C=O) groups is 2. The van der Waals surface area contributed by atoms with Crippen molar-refractivity contribution in [2.45, 2.75) is 38.7 Å². The molecule has 2 amide bonds. The van der Waals surface area contributed by atoms with Crippen LogP contribution in [0.4, 0.5) is 11.4 Å². The summed E-state index contributed by atoms with van der Waals surface area (Å²) in [6.45, 7) is 12.1. The Bertz CT molecular complexity index is 1170. The molecule has 8 nitrogen and oxygen atoms in total. The summed E-state index contributed by atoms with van der Waals surface area (Å²) in [7, 11) is -3.59. The smallest absolute Gasteiger partial charge is 0.268 e. The van der Waals surface area contributed by atoms with Crippen LogP contribution in [-0.2, 0) is 14.8 Å². The molecule has 1 atom stereocenters. The first-order valence-electron chi connectivity index (χ1n) is 10.8. The summed E-state index contributed by atoms with van der Waals surface area (Å²) in [5.74, 6) is -0.0516. The van der Waals surface area contributed by atoms with E-state index in [0.717, 1.165) is 5.57 Å². The molecule has 0 aliphatic carbocycles. The highest BCUT2D eigenvalue weighted by Crippen LogP contribution is 2.36. The van der Waals surface area contributed by atoms with E-state index in [2.05, 4.69) is 11.9 Å². The molecular weight excluding hydrogens is 442 g/mol. The molecule has 0 fully saturated rings. The summed E-state index contributed by atoms with van der Waals surface area (Å²) in [4.78, 5) is 27.0. The predicted octanol–water partition coefficient (Wildman–Crippen LogP) is 3.66. The second kappa shape index (κ2) is 9.76. The van der Waals surface area contributed by atoms with Gasteiger partial charge in [-0.1, -0.05) is 26.0 Å². The number of fused-ring (bicyclic) bond motifs is 1. The predicted molar refractivity (Wildman–Crippen MR) is 128 cm³/mol. The van der Waals surface area contributed by atoms with Crippen molar-refractivity contribution in [3.05, 3.63) is 60.2 Å². The number of rotatable bonds is 8. The van der Waals surface area contributed by atoms with E-state index < -0.39 is 16.1 Å². The van der Waals surface area contributed by atoms with Crippen molar-refractivity contribution in [1.29, 1.82) is 0 Å². The van der Waals surface area contributed by atoms with Crippen LogP contribution >= 0.6 is 0 Å². The standard InChI is InChI=1S/C24H29N3O5S/c1-6-26(7-2)33(30,31)20-11-8-18(9-12-20)23(28)25-19-10-13-21-22(14-19)32-17(5)24(29)27(21)15-16(3)4/h8-14,17H,3,6-7,15H2,1-2,4-5H3,(H,25,28). The van der Waals surface area contributed by atoms with Crippen LogP contribution in [0.1, 0.15) is 38.1 Å². The first-order chi connectivity index (χ1) is 15.6. The zero-order chi connectivity index (χ0) is 24.3. The molecule has 2 aromatic rings. The number of anilines is 2. The molecule has 0 spiro atoms. The van der Waals surface area contributed by atoms with Gasteiger partial charge in [0.2, 0.25) is 10.0 Å². The number of nitrogens with one attached hydrogen (secondary N) is 1. The molecule has 0 saturated carbocycles.